The Kier molecular flexibility index (Phi) is 8.43. The monoisotopic (exact) mass is 387 g/mol. The van der Waals surface area contributed by atoms with Crippen LogP contribution in [0.4, 0.5) is 5.69 Å². The quantitative estimate of drug-likeness (QED) is 0.383. The van der Waals surface area contributed by atoms with Gasteiger partial charge in [0.15, 0.2) is 0 Å². The van der Waals surface area contributed by atoms with Gasteiger partial charge in [-0.3, -0.25) is 19.7 Å². The molecule has 1 aromatic heterocycles. The molecule has 0 bridgehead atoms. The van der Waals surface area contributed by atoms with Crippen molar-refractivity contribution in [2.24, 2.45) is 0 Å². The predicted molar refractivity (Wildman–Crippen MR) is 89.7 cm³/mol. The summed E-state index contributed by atoms with van der Waals surface area (Å²) in [7, 11) is 0. The zero-order valence-electron chi connectivity index (χ0n) is 14.2. The Bertz CT molecular complexity index is 696. The molecule has 0 aliphatic heterocycles. The lowest BCUT2D eigenvalue weighted by Gasteiger charge is -2.17. The summed E-state index contributed by atoms with van der Waals surface area (Å²) in [6, 6.07) is -0.151. The first-order valence-corrected chi connectivity index (χ1v) is 8.10. The highest BCUT2D eigenvalue weighted by atomic mass is 35.5. The van der Waals surface area contributed by atoms with E-state index in [1.54, 1.807) is 13.8 Å². The molecule has 0 radical (unpaired) electrons. The number of carbonyl (C=O) groups is 3. The van der Waals surface area contributed by atoms with Crippen LogP contribution in [0.25, 0.3) is 0 Å². The molecule has 1 atom stereocenters. The third kappa shape index (κ3) is 6.28. The minimum absolute atomic E-state index is 0.0476. The molecule has 1 amide bonds. The van der Waals surface area contributed by atoms with Gasteiger partial charge in [-0.2, -0.15) is 0 Å². The second-order valence-electron chi connectivity index (χ2n) is 4.90. The molecule has 142 valence electrons. The lowest BCUT2D eigenvalue weighted by molar-refractivity contribution is -0.385. The van der Waals surface area contributed by atoms with Crippen LogP contribution in [-0.2, 0) is 19.1 Å². The van der Waals surface area contributed by atoms with Gasteiger partial charge in [0.05, 0.1) is 23.2 Å². The zero-order chi connectivity index (χ0) is 19.7. The van der Waals surface area contributed by atoms with Crippen LogP contribution < -0.4 is 5.32 Å². The first-order valence-electron chi connectivity index (χ1n) is 7.73. The summed E-state index contributed by atoms with van der Waals surface area (Å²) in [4.78, 5) is 49.3. The maximum absolute atomic E-state index is 12.3. The number of ether oxygens (including phenoxy) is 2. The van der Waals surface area contributed by atoms with Crippen LogP contribution in [0, 0.1) is 10.1 Å². The molecule has 0 fully saturated rings. The molecule has 0 spiro atoms. The Morgan fingerprint density at radius 3 is 2.50 bits per heavy atom. The number of amides is 1. The van der Waals surface area contributed by atoms with Gasteiger partial charge in [0, 0.05) is 12.5 Å². The molecule has 1 rings (SSSR count). The molecular formula is C15H18ClN3O7. The number of hydrogen-bond acceptors (Lipinski definition) is 8. The highest BCUT2D eigenvalue weighted by Gasteiger charge is 2.26. The number of nitro groups is 1. The fourth-order valence-corrected chi connectivity index (χ4v) is 2.15. The first-order chi connectivity index (χ1) is 12.3. The molecule has 0 unspecified atom stereocenters. The number of hydrogen-bond donors (Lipinski definition) is 1. The SMILES string of the molecule is CCOC(=O)CC[C@H](NC(=O)c1ncc([N+](=O)[O-])cc1Cl)C(=O)OCC. The molecule has 0 aromatic carbocycles. The van der Waals surface area contributed by atoms with E-state index in [1.165, 1.54) is 0 Å². The summed E-state index contributed by atoms with van der Waals surface area (Å²) < 4.78 is 9.64. The molecule has 1 aromatic rings. The molecule has 1 N–H and O–H groups in total. The number of pyridine rings is 1. The third-order valence-electron chi connectivity index (χ3n) is 3.07. The van der Waals surface area contributed by atoms with Gasteiger partial charge >= 0.3 is 11.9 Å². The van der Waals surface area contributed by atoms with Crippen molar-refractivity contribution in [1.82, 2.24) is 10.3 Å². The summed E-state index contributed by atoms with van der Waals surface area (Å²) >= 11 is 5.84. The zero-order valence-corrected chi connectivity index (χ0v) is 14.9. The highest BCUT2D eigenvalue weighted by Crippen LogP contribution is 2.20. The average Bonchev–Trinajstić information content (AvgIpc) is 2.58. The summed E-state index contributed by atoms with van der Waals surface area (Å²) in [6.07, 6.45) is 0.714. The van der Waals surface area contributed by atoms with Gasteiger partial charge in [0.2, 0.25) is 0 Å². The van der Waals surface area contributed by atoms with Gasteiger partial charge < -0.3 is 14.8 Å². The Labute approximate surface area is 154 Å². The first kappa shape index (κ1) is 21.3. The van der Waals surface area contributed by atoms with Gasteiger partial charge in [-0.1, -0.05) is 11.6 Å². The Hall–Kier alpha value is -2.75. The number of aromatic nitrogens is 1. The van der Waals surface area contributed by atoms with E-state index in [2.05, 4.69) is 10.3 Å². The molecule has 1 heterocycles. The van der Waals surface area contributed by atoms with Gasteiger partial charge in [-0.05, 0) is 20.3 Å². The minimum Gasteiger partial charge on any atom is -0.466 e. The van der Waals surface area contributed by atoms with Crippen LogP contribution in [0.1, 0.15) is 37.2 Å². The van der Waals surface area contributed by atoms with Gasteiger partial charge in [-0.15, -0.1) is 0 Å². The van der Waals surface area contributed by atoms with E-state index < -0.39 is 28.8 Å². The van der Waals surface area contributed by atoms with Crippen molar-refractivity contribution in [1.29, 1.82) is 0 Å². The maximum atomic E-state index is 12.3. The van der Waals surface area contributed by atoms with Crippen molar-refractivity contribution in [2.75, 3.05) is 13.2 Å². The number of nitrogens with zero attached hydrogens (tertiary/aromatic N) is 2. The van der Waals surface area contributed by atoms with Gasteiger partial charge in [0.25, 0.3) is 11.6 Å². The van der Waals surface area contributed by atoms with Crippen molar-refractivity contribution in [3.05, 3.63) is 33.1 Å². The normalized spacial score (nSPS) is 11.3. The van der Waals surface area contributed by atoms with Crippen molar-refractivity contribution in [2.45, 2.75) is 32.7 Å². The summed E-state index contributed by atoms with van der Waals surface area (Å²) in [5, 5.41) is 12.8. The Morgan fingerprint density at radius 1 is 1.31 bits per heavy atom. The largest absolute Gasteiger partial charge is 0.466 e. The van der Waals surface area contributed by atoms with Crippen molar-refractivity contribution >= 4 is 35.1 Å². The summed E-state index contributed by atoms with van der Waals surface area (Å²) in [5.74, 6) is -2.09. The molecular weight excluding hydrogens is 370 g/mol. The number of rotatable bonds is 9. The number of esters is 2. The molecule has 11 heteroatoms. The maximum Gasteiger partial charge on any atom is 0.328 e. The van der Waals surface area contributed by atoms with Crippen LogP contribution >= 0.6 is 11.6 Å². The van der Waals surface area contributed by atoms with Crippen LogP contribution in [0.15, 0.2) is 12.3 Å². The van der Waals surface area contributed by atoms with E-state index in [9.17, 15) is 24.5 Å². The lowest BCUT2D eigenvalue weighted by Crippen LogP contribution is -2.42. The minimum atomic E-state index is -1.13. The fraction of sp³-hybridized carbons (Fsp3) is 0.467. The number of halogens is 1. The van der Waals surface area contributed by atoms with Crippen LogP contribution in [0.3, 0.4) is 0 Å². The second-order valence-corrected chi connectivity index (χ2v) is 5.31. The van der Waals surface area contributed by atoms with Crippen molar-refractivity contribution in [3.63, 3.8) is 0 Å². The molecule has 10 nitrogen and oxygen atoms in total. The molecule has 0 saturated heterocycles. The summed E-state index contributed by atoms with van der Waals surface area (Å²) in [6.45, 7) is 3.51. The third-order valence-corrected chi connectivity index (χ3v) is 3.36. The molecule has 0 saturated carbocycles. The number of carbonyl (C=O) groups excluding carboxylic acids is 3. The second kappa shape index (κ2) is 10.3. The molecule has 0 aliphatic rings. The Morgan fingerprint density at radius 2 is 1.96 bits per heavy atom. The van der Waals surface area contributed by atoms with Gasteiger partial charge in [0.1, 0.15) is 17.9 Å². The lowest BCUT2D eigenvalue weighted by atomic mass is 10.1. The summed E-state index contributed by atoms with van der Waals surface area (Å²) in [5.41, 5.74) is -0.668. The average molecular weight is 388 g/mol. The molecule has 26 heavy (non-hydrogen) atoms. The fourth-order valence-electron chi connectivity index (χ4n) is 1.91. The van der Waals surface area contributed by atoms with E-state index in [-0.39, 0.29) is 42.5 Å². The van der Waals surface area contributed by atoms with E-state index in [4.69, 9.17) is 21.1 Å². The Balaban J connectivity index is 2.88. The number of nitrogens with one attached hydrogen (secondary N) is 1. The van der Waals surface area contributed by atoms with Crippen LogP contribution in [0.2, 0.25) is 5.02 Å². The van der Waals surface area contributed by atoms with Crippen LogP contribution in [-0.4, -0.2) is 47.0 Å². The van der Waals surface area contributed by atoms with Gasteiger partial charge in [-0.25, -0.2) is 9.78 Å². The molecule has 0 aliphatic carbocycles. The van der Waals surface area contributed by atoms with Crippen molar-refractivity contribution in [3.8, 4) is 0 Å². The standard InChI is InChI=1S/C15H18ClN3O7/c1-3-25-12(20)6-5-11(15(22)26-4-2)18-14(21)13-10(16)7-9(8-17-13)19(23)24/h7-8,11H,3-6H2,1-2H3,(H,18,21)/t11-/m0/s1. The van der Waals surface area contributed by atoms with Crippen molar-refractivity contribution < 1.29 is 28.8 Å². The van der Waals surface area contributed by atoms with Crippen LogP contribution in [0.5, 0.6) is 0 Å². The predicted octanol–water partition coefficient (Wildman–Crippen LogP) is 1.65. The smallest absolute Gasteiger partial charge is 0.328 e. The van der Waals surface area contributed by atoms with E-state index in [0.29, 0.717) is 0 Å². The van der Waals surface area contributed by atoms with E-state index in [1.807, 2.05) is 0 Å². The van der Waals surface area contributed by atoms with E-state index in [0.717, 1.165) is 12.3 Å². The highest BCUT2D eigenvalue weighted by molar-refractivity contribution is 6.33. The topological polar surface area (TPSA) is 138 Å². The van der Waals surface area contributed by atoms with E-state index >= 15 is 0 Å².